The van der Waals surface area contributed by atoms with Crippen LogP contribution in [0.2, 0.25) is 0 Å². The Labute approximate surface area is 111 Å². The Morgan fingerprint density at radius 3 is 2.89 bits per heavy atom. The van der Waals surface area contributed by atoms with E-state index < -0.39 is 0 Å². The van der Waals surface area contributed by atoms with E-state index in [4.69, 9.17) is 0 Å². The molecule has 18 heavy (non-hydrogen) atoms. The number of rotatable bonds is 3. The third-order valence-corrected chi connectivity index (χ3v) is 4.48. The molecule has 1 aromatic heterocycles. The molecule has 0 bridgehead atoms. The second-order valence-electron chi connectivity index (χ2n) is 6.56. The lowest BCUT2D eigenvalue weighted by atomic mass is 9.65. The monoisotopic (exact) mass is 246 g/mol. The molecule has 1 fully saturated rings. The molecule has 1 aromatic rings. The summed E-state index contributed by atoms with van der Waals surface area (Å²) in [7, 11) is 2.06. The smallest absolute Gasteiger partial charge is 0.0305 e. The van der Waals surface area contributed by atoms with Gasteiger partial charge < -0.3 is 5.32 Å². The summed E-state index contributed by atoms with van der Waals surface area (Å²) < 4.78 is 0. The Morgan fingerprint density at radius 1 is 1.44 bits per heavy atom. The first-order valence-corrected chi connectivity index (χ1v) is 7.08. The van der Waals surface area contributed by atoms with Crippen LogP contribution in [0.15, 0.2) is 18.5 Å². The number of pyridine rings is 1. The molecule has 1 aliphatic rings. The molecule has 1 saturated carbocycles. The summed E-state index contributed by atoms with van der Waals surface area (Å²) in [5.41, 5.74) is 3.33. The van der Waals surface area contributed by atoms with Crippen LogP contribution in [0.4, 0.5) is 0 Å². The van der Waals surface area contributed by atoms with Crippen molar-refractivity contribution in [2.24, 2.45) is 11.3 Å². The van der Waals surface area contributed by atoms with Crippen LogP contribution in [-0.4, -0.2) is 18.6 Å². The SMILES string of the molecule is CNCC1CCC(C)(C)CC1c1cnccc1C. The Morgan fingerprint density at radius 2 is 2.22 bits per heavy atom. The van der Waals surface area contributed by atoms with Crippen LogP contribution in [0, 0.1) is 18.3 Å². The minimum atomic E-state index is 0.469. The number of nitrogens with one attached hydrogen (secondary N) is 1. The van der Waals surface area contributed by atoms with E-state index in [-0.39, 0.29) is 0 Å². The third-order valence-electron chi connectivity index (χ3n) is 4.48. The molecule has 2 rings (SSSR count). The molecule has 2 atom stereocenters. The van der Waals surface area contributed by atoms with E-state index in [1.54, 1.807) is 0 Å². The molecule has 100 valence electrons. The van der Waals surface area contributed by atoms with Crippen molar-refractivity contribution >= 4 is 0 Å². The average molecular weight is 246 g/mol. The zero-order valence-electron chi connectivity index (χ0n) is 12.2. The first kappa shape index (κ1) is 13.5. The van der Waals surface area contributed by atoms with Crippen molar-refractivity contribution in [3.63, 3.8) is 0 Å². The number of aromatic nitrogens is 1. The van der Waals surface area contributed by atoms with Crippen LogP contribution in [0.25, 0.3) is 0 Å². The summed E-state index contributed by atoms with van der Waals surface area (Å²) in [5, 5.41) is 3.36. The van der Waals surface area contributed by atoms with Gasteiger partial charge in [0.1, 0.15) is 0 Å². The number of nitrogens with zero attached hydrogens (tertiary/aromatic N) is 1. The fourth-order valence-corrected chi connectivity index (χ4v) is 3.38. The maximum atomic E-state index is 4.34. The molecule has 1 aliphatic carbocycles. The molecule has 0 aromatic carbocycles. The van der Waals surface area contributed by atoms with Crippen molar-refractivity contribution in [3.05, 3.63) is 29.6 Å². The van der Waals surface area contributed by atoms with Gasteiger partial charge in [-0.25, -0.2) is 0 Å². The van der Waals surface area contributed by atoms with E-state index in [2.05, 4.69) is 50.4 Å². The molecule has 0 radical (unpaired) electrons. The molecule has 2 unspecified atom stereocenters. The Kier molecular flexibility index (Phi) is 4.06. The molecule has 0 saturated heterocycles. The van der Waals surface area contributed by atoms with Crippen molar-refractivity contribution in [1.82, 2.24) is 10.3 Å². The normalized spacial score (nSPS) is 27.1. The van der Waals surface area contributed by atoms with Gasteiger partial charge in [0.25, 0.3) is 0 Å². The van der Waals surface area contributed by atoms with Gasteiger partial charge in [-0.05, 0) is 74.2 Å². The predicted octanol–water partition coefficient (Wildman–Crippen LogP) is 3.52. The van der Waals surface area contributed by atoms with E-state index in [9.17, 15) is 0 Å². The molecule has 2 heteroatoms. The Hall–Kier alpha value is -0.890. The molecular weight excluding hydrogens is 220 g/mol. The van der Waals surface area contributed by atoms with Crippen LogP contribution in [0.3, 0.4) is 0 Å². The second-order valence-corrected chi connectivity index (χ2v) is 6.56. The van der Waals surface area contributed by atoms with Crippen LogP contribution < -0.4 is 5.32 Å². The first-order chi connectivity index (χ1) is 8.53. The number of aryl methyl sites for hydroxylation is 1. The molecular formula is C16H26N2. The average Bonchev–Trinajstić information content (AvgIpc) is 2.32. The van der Waals surface area contributed by atoms with Gasteiger partial charge in [0.2, 0.25) is 0 Å². The lowest BCUT2D eigenvalue weighted by Crippen LogP contribution is -2.34. The fourth-order valence-electron chi connectivity index (χ4n) is 3.38. The van der Waals surface area contributed by atoms with Gasteiger partial charge in [0.05, 0.1) is 0 Å². The zero-order valence-corrected chi connectivity index (χ0v) is 12.2. The highest BCUT2D eigenvalue weighted by Crippen LogP contribution is 2.46. The van der Waals surface area contributed by atoms with E-state index >= 15 is 0 Å². The van der Waals surface area contributed by atoms with E-state index in [1.807, 2.05) is 6.20 Å². The van der Waals surface area contributed by atoms with Crippen molar-refractivity contribution < 1.29 is 0 Å². The van der Waals surface area contributed by atoms with Crippen molar-refractivity contribution in [2.75, 3.05) is 13.6 Å². The van der Waals surface area contributed by atoms with E-state index in [0.29, 0.717) is 11.3 Å². The molecule has 0 amide bonds. The van der Waals surface area contributed by atoms with Crippen molar-refractivity contribution in [2.45, 2.75) is 46.0 Å². The fraction of sp³-hybridized carbons (Fsp3) is 0.688. The second kappa shape index (κ2) is 5.40. The van der Waals surface area contributed by atoms with Crippen LogP contribution in [-0.2, 0) is 0 Å². The first-order valence-electron chi connectivity index (χ1n) is 7.08. The summed E-state index contributed by atoms with van der Waals surface area (Å²) in [4.78, 5) is 4.34. The standard InChI is InChI=1S/C16H26N2/c1-12-6-8-18-11-15(12)14-9-16(2,3)7-5-13(14)10-17-4/h6,8,11,13-14,17H,5,7,9-10H2,1-4H3. The van der Waals surface area contributed by atoms with Gasteiger partial charge in [-0.15, -0.1) is 0 Å². The molecule has 0 spiro atoms. The van der Waals surface area contributed by atoms with Gasteiger partial charge in [-0.2, -0.15) is 0 Å². The lowest BCUT2D eigenvalue weighted by molar-refractivity contribution is 0.160. The molecule has 2 nitrogen and oxygen atoms in total. The van der Waals surface area contributed by atoms with Crippen LogP contribution in [0.5, 0.6) is 0 Å². The highest BCUT2D eigenvalue weighted by Gasteiger charge is 2.35. The molecule has 1 N–H and O–H groups in total. The van der Waals surface area contributed by atoms with Gasteiger partial charge in [-0.3, -0.25) is 4.98 Å². The summed E-state index contributed by atoms with van der Waals surface area (Å²) in [6.07, 6.45) is 7.94. The Bertz CT molecular complexity index is 398. The molecule has 1 heterocycles. The molecule has 0 aliphatic heterocycles. The van der Waals surface area contributed by atoms with Gasteiger partial charge in [0.15, 0.2) is 0 Å². The lowest BCUT2D eigenvalue weighted by Gasteiger charge is -2.41. The highest BCUT2D eigenvalue weighted by molar-refractivity contribution is 5.27. The van der Waals surface area contributed by atoms with E-state index in [1.165, 1.54) is 30.4 Å². The zero-order chi connectivity index (χ0) is 13.2. The van der Waals surface area contributed by atoms with Crippen LogP contribution >= 0.6 is 0 Å². The Balaban J connectivity index is 2.27. The maximum Gasteiger partial charge on any atom is 0.0305 e. The maximum absolute atomic E-state index is 4.34. The number of hydrogen-bond donors (Lipinski definition) is 1. The summed E-state index contributed by atoms with van der Waals surface area (Å²) in [6, 6.07) is 2.15. The summed E-state index contributed by atoms with van der Waals surface area (Å²) in [6.45, 7) is 8.15. The van der Waals surface area contributed by atoms with Gasteiger partial charge in [-0.1, -0.05) is 13.8 Å². The van der Waals surface area contributed by atoms with Gasteiger partial charge >= 0.3 is 0 Å². The van der Waals surface area contributed by atoms with Crippen molar-refractivity contribution in [1.29, 1.82) is 0 Å². The highest BCUT2D eigenvalue weighted by atomic mass is 14.8. The summed E-state index contributed by atoms with van der Waals surface area (Å²) >= 11 is 0. The third kappa shape index (κ3) is 2.92. The minimum Gasteiger partial charge on any atom is -0.319 e. The summed E-state index contributed by atoms with van der Waals surface area (Å²) in [5.74, 6) is 1.42. The van der Waals surface area contributed by atoms with Crippen LogP contribution in [0.1, 0.15) is 50.2 Å². The number of hydrogen-bond acceptors (Lipinski definition) is 2. The predicted molar refractivity (Wildman–Crippen MR) is 76.8 cm³/mol. The van der Waals surface area contributed by atoms with E-state index in [0.717, 1.165) is 12.5 Å². The largest absolute Gasteiger partial charge is 0.319 e. The van der Waals surface area contributed by atoms with Gasteiger partial charge in [0, 0.05) is 12.4 Å². The topological polar surface area (TPSA) is 24.9 Å². The van der Waals surface area contributed by atoms with Crippen molar-refractivity contribution in [3.8, 4) is 0 Å². The minimum absolute atomic E-state index is 0.469. The quantitative estimate of drug-likeness (QED) is 0.882.